The highest BCUT2D eigenvalue weighted by atomic mass is 16.2. The second-order valence-electron chi connectivity index (χ2n) is 6.73. The van der Waals surface area contributed by atoms with E-state index >= 15 is 0 Å². The van der Waals surface area contributed by atoms with Crippen molar-refractivity contribution in [3.8, 4) is 0 Å². The number of aryl methyl sites for hydroxylation is 1. The number of carbonyl (C=O) groups excluding carboxylic acids is 1. The molecule has 0 unspecified atom stereocenters. The summed E-state index contributed by atoms with van der Waals surface area (Å²) in [6.07, 6.45) is 4.71. The average molecular weight is 386 g/mol. The third-order valence-electron chi connectivity index (χ3n) is 3.85. The van der Waals surface area contributed by atoms with E-state index < -0.39 is 0 Å². The van der Waals surface area contributed by atoms with E-state index in [9.17, 15) is 4.79 Å². The summed E-state index contributed by atoms with van der Waals surface area (Å²) in [6, 6.07) is 9.71. The van der Waals surface area contributed by atoms with Crippen molar-refractivity contribution in [2.24, 2.45) is 4.99 Å². The van der Waals surface area contributed by atoms with Crippen molar-refractivity contribution < 1.29 is 4.79 Å². The number of anilines is 1. The highest BCUT2D eigenvalue weighted by Crippen LogP contribution is 2.11. The van der Waals surface area contributed by atoms with Crippen molar-refractivity contribution in [2.75, 3.05) is 39.0 Å². The van der Waals surface area contributed by atoms with Crippen molar-refractivity contribution in [2.45, 2.75) is 26.4 Å². The Labute approximate surface area is 167 Å². The molecule has 0 atom stereocenters. The number of benzene rings is 1. The van der Waals surface area contributed by atoms with Crippen LogP contribution >= 0.6 is 0 Å². The lowest BCUT2D eigenvalue weighted by Crippen LogP contribution is -2.38. The molecule has 28 heavy (non-hydrogen) atoms. The summed E-state index contributed by atoms with van der Waals surface area (Å²) in [7, 11) is 3.74. The van der Waals surface area contributed by atoms with Crippen LogP contribution < -0.4 is 16.0 Å². The Kier molecular flexibility index (Phi) is 9.00. The Hall–Kier alpha value is -2.87. The first-order chi connectivity index (χ1) is 13.6. The molecule has 152 valence electrons. The van der Waals surface area contributed by atoms with Crippen molar-refractivity contribution in [1.82, 2.24) is 25.3 Å². The van der Waals surface area contributed by atoms with Crippen LogP contribution in [-0.4, -0.2) is 60.3 Å². The summed E-state index contributed by atoms with van der Waals surface area (Å²) < 4.78 is 1.92. The Morgan fingerprint density at radius 2 is 2.11 bits per heavy atom. The van der Waals surface area contributed by atoms with Gasteiger partial charge in [0, 0.05) is 37.7 Å². The lowest BCUT2D eigenvalue weighted by Gasteiger charge is -2.12. The first-order valence-electron chi connectivity index (χ1n) is 9.60. The molecule has 0 fully saturated rings. The van der Waals surface area contributed by atoms with Gasteiger partial charge in [-0.05, 0) is 51.2 Å². The van der Waals surface area contributed by atoms with Gasteiger partial charge in [-0.25, -0.2) is 4.99 Å². The number of hydrogen-bond acceptors (Lipinski definition) is 4. The van der Waals surface area contributed by atoms with Gasteiger partial charge < -0.3 is 20.9 Å². The zero-order valence-corrected chi connectivity index (χ0v) is 17.0. The molecule has 0 aliphatic carbocycles. The predicted molar refractivity (Wildman–Crippen MR) is 113 cm³/mol. The number of rotatable bonds is 10. The number of carbonyl (C=O) groups is 1. The summed E-state index contributed by atoms with van der Waals surface area (Å²) in [5.41, 5.74) is 1.83. The Balaban J connectivity index is 1.85. The monoisotopic (exact) mass is 385 g/mol. The smallest absolute Gasteiger partial charge is 0.238 e. The number of amides is 1. The number of guanidine groups is 1. The van der Waals surface area contributed by atoms with E-state index in [0.717, 1.165) is 43.3 Å². The number of nitrogens with zero attached hydrogens (tertiary/aromatic N) is 4. The van der Waals surface area contributed by atoms with Crippen molar-refractivity contribution in [1.29, 1.82) is 0 Å². The molecule has 2 rings (SSSR count). The fraction of sp³-hybridized carbons (Fsp3) is 0.450. The molecule has 1 amide bonds. The first-order valence-corrected chi connectivity index (χ1v) is 9.60. The van der Waals surface area contributed by atoms with Gasteiger partial charge in [-0.3, -0.25) is 9.48 Å². The van der Waals surface area contributed by atoms with Crippen LogP contribution in [0.5, 0.6) is 0 Å². The van der Waals surface area contributed by atoms with Crippen LogP contribution in [0.1, 0.15) is 18.9 Å². The minimum atomic E-state index is -0.0298. The highest BCUT2D eigenvalue weighted by molar-refractivity contribution is 5.92. The van der Waals surface area contributed by atoms with Gasteiger partial charge in [0.2, 0.25) is 5.91 Å². The number of aromatic nitrogens is 2. The number of nitrogens with one attached hydrogen (secondary N) is 3. The van der Waals surface area contributed by atoms with Crippen LogP contribution in [0.2, 0.25) is 0 Å². The molecule has 0 aliphatic rings. The van der Waals surface area contributed by atoms with Gasteiger partial charge in [-0.2, -0.15) is 5.10 Å². The van der Waals surface area contributed by atoms with Gasteiger partial charge in [0.15, 0.2) is 5.96 Å². The van der Waals surface area contributed by atoms with Crippen LogP contribution in [0.3, 0.4) is 0 Å². The van der Waals surface area contributed by atoms with Gasteiger partial charge in [0.05, 0.1) is 13.1 Å². The van der Waals surface area contributed by atoms with Gasteiger partial charge >= 0.3 is 0 Å². The second kappa shape index (κ2) is 11.8. The lowest BCUT2D eigenvalue weighted by molar-refractivity contribution is -0.116. The van der Waals surface area contributed by atoms with Gasteiger partial charge in [0.1, 0.15) is 0 Å². The molecule has 0 radical (unpaired) electrons. The molecular weight excluding hydrogens is 354 g/mol. The molecule has 0 bridgehead atoms. The standard InChI is InChI=1S/C20H31N7O/c1-4-21-20(22-10-6-12-27-13-7-11-24-27)23-15-17-8-5-9-18(14-17)25-19(28)16-26(2)3/h5,7-9,11,13-14H,4,6,10,12,15-16H2,1-3H3,(H,25,28)(H2,21,22,23). The molecular formula is C20H31N7O. The SMILES string of the molecule is CCNC(=NCc1cccc(NC(=O)CN(C)C)c1)NCCCn1cccn1. The van der Waals surface area contributed by atoms with E-state index in [0.29, 0.717) is 13.1 Å². The number of likely N-dealkylation sites (N-methyl/N-ethyl adjacent to an activating group) is 1. The molecule has 1 aromatic heterocycles. The van der Waals surface area contributed by atoms with Crippen LogP contribution in [0.15, 0.2) is 47.7 Å². The summed E-state index contributed by atoms with van der Waals surface area (Å²) in [6.45, 7) is 5.41. The van der Waals surface area contributed by atoms with Crippen molar-refractivity contribution in [3.63, 3.8) is 0 Å². The van der Waals surface area contributed by atoms with E-state index in [1.165, 1.54) is 0 Å². The van der Waals surface area contributed by atoms with E-state index in [-0.39, 0.29) is 5.91 Å². The largest absolute Gasteiger partial charge is 0.357 e. The second-order valence-corrected chi connectivity index (χ2v) is 6.73. The Bertz CT molecular complexity index is 741. The van der Waals surface area contributed by atoms with Crippen LogP contribution in [-0.2, 0) is 17.9 Å². The summed E-state index contributed by atoms with van der Waals surface area (Å²) in [5, 5.41) is 13.7. The molecule has 2 aromatic rings. The van der Waals surface area contributed by atoms with Gasteiger partial charge in [-0.15, -0.1) is 0 Å². The van der Waals surface area contributed by atoms with Crippen LogP contribution in [0.4, 0.5) is 5.69 Å². The molecule has 1 heterocycles. The summed E-state index contributed by atoms with van der Waals surface area (Å²) in [4.78, 5) is 18.4. The topological polar surface area (TPSA) is 86.6 Å². The van der Waals surface area contributed by atoms with E-state index in [1.54, 1.807) is 6.20 Å². The van der Waals surface area contributed by atoms with Gasteiger partial charge in [-0.1, -0.05) is 12.1 Å². The molecule has 0 saturated carbocycles. The number of aliphatic imine (C=N–C) groups is 1. The Morgan fingerprint density at radius 1 is 1.25 bits per heavy atom. The highest BCUT2D eigenvalue weighted by Gasteiger charge is 2.04. The fourth-order valence-electron chi connectivity index (χ4n) is 2.63. The lowest BCUT2D eigenvalue weighted by atomic mass is 10.2. The maximum Gasteiger partial charge on any atom is 0.238 e. The zero-order chi connectivity index (χ0) is 20.2. The van der Waals surface area contributed by atoms with Crippen molar-refractivity contribution >= 4 is 17.6 Å². The first kappa shape index (κ1) is 21.4. The maximum absolute atomic E-state index is 11.9. The minimum absolute atomic E-state index is 0.0298. The third kappa shape index (κ3) is 8.22. The average Bonchev–Trinajstić information content (AvgIpc) is 3.16. The maximum atomic E-state index is 11.9. The molecule has 3 N–H and O–H groups in total. The molecule has 8 nitrogen and oxygen atoms in total. The third-order valence-corrected chi connectivity index (χ3v) is 3.85. The molecule has 0 saturated heterocycles. The molecule has 8 heteroatoms. The fourth-order valence-corrected chi connectivity index (χ4v) is 2.63. The summed E-state index contributed by atoms with van der Waals surface area (Å²) >= 11 is 0. The van der Waals surface area contributed by atoms with E-state index in [4.69, 9.17) is 0 Å². The van der Waals surface area contributed by atoms with Crippen molar-refractivity contribution in [3.05, 3.63) is 48.3 Å². The normalized spacial score (nSPS) is 11.5. The zero-order valence-electron chi connectivity index (χ0n) is 17.0. The van der Waals surface area contributed by atoms with Crippen LogP contribution in [0.25, 0.3) is 0 Å². The molecule has 0 spiro atoms. The van der Waals surface area contributed by atoms with E-state index in [1.807, 2.05) is 67.1 Å². The Morgan fingerprint density at radius 3 is 2.82 bits per heavy atom. The molecule has 1 aromatic carbocycles. The minimum Gasteiger partial charge on any atom is -0.357 e. The van der Waals surface area contributed by atoms with Crippen LogP contribution in [0, 0.1) is 0 Å². The van der Waals surface area contributed by atoms with E-state index in [2.05, 4.69) is 26.0 Å². The predicted octanol–water partition coefficient (Wildman–Crippen LogP) is 1.53. The molecule has 0 aliphatic heterocycles. The summed E-state index contributed by atoms with van der Waals surface area (Å²) in [5.74, 6) is 0.753. The quantitative estimate of drug-likeness (QED) is 0.328. The number of hydrogen-bond donors (Lipinski definition) is 3. The van der Waals surface area contributed by atoms with Gasteiger partial charge in [0.25, 0.3) is 0 Å².